The zero-order valence-corrected chi connectivity index (χ0v) is 12.5. The highest BCUT2D eigenvalue weighted by Crippen LogP contribution is 2.22. The molecule has 0 bridgehead atoms. The van der Waals surface area contributed by atoms with Crippen molar-refractivity contribution in [3.63, 3.8) is 0 Å². The molecule has 1 atom stereocenters. The van der Waals surface area contributed by atoms with Gasteiger partial charge in [-0.3, -0.25) is 0 Å². The molecule has 0 radical (unpaired) electrons. The van der Waals surface area contributed by atoms with Gasteiger partial charge in [-0.15, -0.1) is 0 Å². The lowest BCUT2D eigenvalue weighted by Gasteiger charge is -2.26. The third-order valence-electron chi connectivity index (χ3n) is 2.80. The van der Waals surface area contributed by atoms with Gasteiger partial charge in [-0.1, -0.05) is 6.92 Å². The van der Waals surface area contributed by atoms with Gasteiger partial charge in [0.25, 0.3) is 0 Å². The van der Waals surface area contributed by atoms with Gasteiger partial charge in [-0.25, -0.2) is 13.4 Å². The maximum absolute atomic E-state index is 12.4. The van der Waals surface area contributed by atoms with Crippen molar-refractivity contribution < 1.29 is 8.42 Å². The molecule has 1 heterocycles. The number of nitrogen functional groups attached to an aromatic ring is 1. The molecule has 0 aliphatic carbocycles. The van der Waals surface area contributed by atoms with Gasteiger partial charge in [-0.2, -0.15) is 16.1 Å². The molecule has 2 N–H and O–H groups in total. The monoisotopic (exact) mass is 289 g/mol. The van der Waals surface area contributed by atoms with Gasteiger partial charge in [0, 0.05) is 25.0 Å². The number of hydrogen-bond donors (Lipinski definition) is 1. The van der Waals surface area contributed by atoms with Crippen molar-refractivity contribution in [2.75, 3.05) is 24.8 Å². The second kappa shape index (κ2) is 6.40. The predicted octanol–water partition coefficient (Wildman–Crippen LogP) is 1.43. The average Bonchev–Trinajstić information content (AvgIpc) is 2.35. The summed E-state index contributed by atoms with van der Waals surface area (Å²) in [6.07, 6.45) is 4.20. The summed E-state index contributed by atoms with van der Waals surface area (Å²) < 4.78 is 26.2. The minimum absolute atomic E-state index is 0.0374. The van der Waals surface area contributed by atoms with Gasteiger partial charge in [0.1, 0.15) is 10.7 Å². The predicted molar refractivity (Wildman–Crippen MR) is 76.1 cm³/mol. The van der Waals surface area contributed by atoms with E-state index >= 15 is 0 Å². The summed E-state index contributed by atoms with van der Waals surface area (Å²) in [6, 6.07) is 3.02. The molecule has 0 saturated heterocycles. The van der Waals surface area contributed by atoms with Crippen molar-refractivity contribution in [3.8, 4) is 0 Å². The number of aromatic nitrogens is 1. The first kappa shape index (κ1) is 15.3. The third kappa shape index (κ3) is 3.15. The molecule has 0 saturated carbocycles. The van der Waals surface area contributed by atoms with E-state index < -0.39 is 10.0 Å². The fraction of sp³-hybridized carbons (Fsp3) is 0.545. The van der Waals surface area contributed by atoms with E-state index in [2.05, 4.69) is 4.98 Å². The molecule has 0 aliphatic heterocycles. The minimum Gasteiger partial charge on any atom is -0.383 e. The van der Waals surface area contributed by atoms with E-state index in [1.54, 1.807) is 24.9 Å². The topological polar surface area (TPSA) is 76.3 Å². The van der Waals surface area contributed by atoms with E-state index in [9.17, 15) is 8.42 Å². The molecule has 1 rings (SSSR count). The molecule has 0 fully saturated rings. The number of rotatable bonds is 6. The normalized spacial score (nSPS) is 13.8. The second-order valence-corrected chi connectivity index (χ2v) is 6.80. The molecule has 1 aromatic rings. The summed E-state index contributed by atoms with van der Waals surface area (Å²) in [5, 5.41) is 0. The van der Waals surface area contributed by atoms with Crippen LogP contribution in [0.3, 0.4) is 0 Å². The van der Waals surface area contributed by atoms with Crippen LogP contribution in [0.5, 0.6) is 0 Å². The van der Waals surface area contributed by atoms with Gasteiger partial charge in [0.05, 0.1) is 0 Å². The molecule has 1 aromatic heterocycles. The van der Waals surface area contributed by atoms with Crippen LogP contribution in [0.4, 0.5) is 5.82 Å². The number of pyridine rings is 1. The molecule has 1 unspecified atom stereocenters. The number of thioether (sulfide) groups is 1. The van der Waals surface area contributed by atoms with Crippen molar-refractivity contribution in [1.82, 2.24) is 9.29 Å². The van der Waals surface area contributed by atoms with Crippen LogP contribution in [0.15, 0.2) is 23.2 Å². The molecule has 0 spiro atoms. The average molecular weight is 289 g/mol. The van der Waals surface area contributed by atoms with E-state index in [-0.39, 0.29) is 16.8 Å². The Morgan fingerprint density at radius 3 is 2.72 bits per heavy atom. The van der Waals surface area contributed by atoms with Crippen LogP contribution in [0.2, 0.25) is 0 Å². The number of hydrogen-bond acceptors (Lipinski definition) is 5. The molecule has 0 aromatic carbocycles. The summed E-state index contributed by atoms with van der Waals surface area (Å²) in [5.74, 6) is 0.801. The number of anilines is 1. The van der Waals surface area contributed by atoms with Crippen molar-refractivity contribution in [1.29, 1.82) is 0 Å². The molecule has 5 nitrogen and oxygen atoms in total. The fourth-order valence-corrected chi connectivity index (χ4v) is 4.08. The Balaban J connectivity index is 3.10. The Kier molecular flexibility index (Phi) is 5.43. The Hall–Kier alpha value is -0.790. The minimum atomic E-state index is -3.57. The fourth-order valence-electron chi connectivity index (χ4n) is 1.64. The molecule has 18 heavy (non-hydrogen) atoms. The lowest BCUT2D eigenvalue weighted by atomic mass is 10.3. The maximum Gasteiger partial charge on any atom is 0.246 e. The van der Waals surface area contributed by atoms with Crippen molar-refractivity contribution in [2.45, 2.75) is 24.3 Å². The summed E-state index contributed by atoms with van der Waals surface area (Å²) in [5.41, 5.74) is 5.64. The molecule has 102 valence electrons. The van der Waals surface area contributed by atoms with Crippen LogP contribution in [-0.4, -0.2) is 42.8 Å². The molecule has 0 aliphatic rings. The van der Waals surface area contributed by atoms with Gasteiger partial charge in [0.15, 0.2) is 0 Å². The first-order valence-corrected chi connectivity index (χ1v) is 8.46. The smallest absolute Gasteiger partial charge is 0.246 e. The number of sulfonamides is 1. The van der Waals surface area contributed by atoms with Gasteiger partial charge in [-0.05, 0) is 24.8 Å². The summed E-state index contributed by atoms with van der Waals surface area (Å²) >= 11 is 1.63. The third-order valence-corrected chi connectivity index (χ3v) is 5.48. The number of nitrogens with zero attached hydrogens (tertiary/aromatic N) is 2. The van der Waals surface area contributed by atoms with E-state index in [0.29, 0.717) is 0 Å². The summed E-state index contributed by atoms with van der Waals surface area (Å²) in [7, 11) is -1.98. The zero-order chi connectivity index (χ0) is 13.8. The largest absolute Gasteiger partial charge is 0.383 e. The van der Waals surface area contributed by atoms with Crippen LogP contribution in [0.1, 0.15) is 13.3 Å². The van der Waals surface area contributed by atoms with Crippen molar-refractivity contribution >= 4 is 27.6 Å². The van der Waals surface area contributed by atoms with E-state index in [0.717, 1.165) is 12.2 Å². The lowest BCUT2D eigenvalue weighted by Crippen LogP contribution is -2.38. The highest BCUT2D eigenvalue weighted by molar-refractivity contribution is 7.98. The lowest BCUT2D eigenvalue weighted by molar-refractivity contribution is 0.385. The zero-order valence-electron chi connectivity index (χ0n) is 10.8. The van der Waals surface area contributed by atoms with E-state index in [1.807, 2.05) is 13.2 Å². The van der Waals surface area contributed by atoms with Gasteiger partial charge < -0.3 is 5.73 Å². The van der Waals surface area contributed by atoms with Crippen LogP contribution in [0, 0.1) is 0 Å². The Bertz CT molecular complexity index is 491. The molecule has 7 heteroatoms. The van der Waals surface area contributed by atoms with Crippen molar-refractivity contribution in [2.24, 2.45) is 0 Å². The molecular formula is C11H19N3O2S2. The van der Waals surface area contributed by atoms with Gasteiger partial charge >= 0.3 is 0 Å². The summed E-state index contributed by atoms with van der Waals surface area (Å²) in [6.45, 7) is 1.97. The summed E-state index contributed by atoms with van der Waals surface area (Å²) in [4.78, 5) is 3.90. The number of nitrogens with two attached hydrogens (primary N) is 1. The molecular weight excluding hydrogens is 270 g/mol. The van der Waals surface area contributed by atoms with E-state index in [4.69, 9.17) is 5.73 Å². The van der Waals surface area contributed by atoms with Gasteiger partial charge in [0.2, 0.25) is 10.0 Å². The highest BCUT2D eigenvalue weighted by atomic mass is 32.2. The van der Waals surface area contributed by atoms with Crippen molar-refractivity contribution in [3.05, 3.63) is 18.3 Å². The van der Waals surface area contributed by atoms with Crippen LogP contribution in [-0.2, 0) is 10.0 Å². The Morgan fingerprint density at radius 1 is 1.56 bits per heavy atom. The maximum atomic E-state index is 12.4. The molecule has 0 amide bonds. The first-order valence-electron chi connectivity index (χ1n) is 5.62. The highest BCUT2D eigenvalue weighted by Gasteiger charge is 2.28. The first-order chi connectivity index (χ1) is 8.45. The van der Waals surface area contributed by atoms with E-state index in [1.165, 1.54) is 16.6 Å². The Labute approximate surface area is 113 Å². The second-order valence-electron chi connectivity index (χ2n) is 3.93. The van der Waals surface area contributed by atoms with Crippen LogP contribution >= 0.6 is 11.8 Å². The Morgan fingerprint density at radius 2 is 2.22 bits per heavy atom. The SMILES string of the molecule is CCC(CSC)N(C)S(=O)(=O)c1cccnc1N. The van der Waals surface area contributed by atoms with Crippen LogP contribution < -0.4 is 5.73 Å². The quantitative estimate of drug-likeness (QED) is 0.857. The van der Waals surface area contributed by atoms with Crippen LogP contribution in [0.25, 0.3) is 0 Å². The standard InChI is InChI=1S/C11H19N3O2S2/c1-4-9(8-17-3)14(2)18(15,16)10-6-5-7-13-11(10)12/h5-7,9H,4,8H2,1-3H3,(H2,12,13).